The van der Waals surface area contributed by atoms with Crippen molar-refractivity contribution in [3.8, 4) is 0 Å². The summed E-state index contributed by atoms with van der Waals surface area (Å²) < 4.78 is 61.0. The van der Waals surface area contributed by atoms with E-state index in [2.05, 4.69) is 0 Å². The van der Waals surface area contributed by atoms with E-state index >= 15 is 0 Å². The highest BCUT2D eigenvalue weighted by atomic mass is 32.2. The number of sulfonamides is 1. The molecule has 90 valence electrons. The summed E-state index contributed by atoms with van der Waals surface area (Å²) in [7, 11) is -3.50. The third-order valence-electron chi connectivity index (χ3n) is 1.85. The smallest absolute Gasteiger partial charge is 0.213 e. The fourth-order valence-corrected chi connectivity index (χ4v) is 1.58. The van der Waals surface area contributed by atoms with Gasteiger partial charge in [0, 0.05) is 6.54 Å². The molecule has 0 atom stereocenters. The number of benzene rings is 1. The minimum Gasteiger partial charge on any atom is -0.213 e. The summed E-state index contributed by atoms with van der Waals surface area (Å²) in [5.41, 5.74) is -0.924. The molecule has 1 aromatic rings. The maximum Gasteiger partial charge on any atom is 0.416 e. The van der Waals surface area contributed by atoms with E-state index in [0.717, 1.165) is 12.3 Å². The topological polar surface area (TPSA) is 46.2 Å². The highest BCUT2D eigenvalue weighted by molar-refractivity contribution is 7.88. The SMILES string of the molecule is CS(=O)(=O)NCc1ccccc1C(F)(F)F. The fourth-order valence-electron chi connectivity index (χ4n) is 1.16. The molecule has 1 rings (SSSR count). The molecule has 0 spiro atoms. The van der Waals surface area contributed by atoms with Gasteiger partial charge in [0.1, 0.15) is 0 Å². The van der Waals surface area contributed by atoms with Gasteiger partial charge >= 0.3 is 6.18 Å². The molecule has 0 aliphatic carbocycles. The number of hydrogen-bond donors (Lipinski definition) is 1. The summed E-state index contributed by atoms with van der Waals surface area (Å²) in [6, 6.07) is 4.83. The second-order valence-electron chi connectivity index (χ2n) is 3.25. The number of alkyl halides is 3. The number of hydrogen-bond acceptors (Lipinski definition) is 2. The van der Waals surface area contributed by atoms with E-state index in [-0.39, 0.29) is 12.1 Å². The molecule has 7 heteroatoms. The van der Waals surface area contributed by atoms with Gasteiger partial charge in [-0.1, -0.05) is 18.2 Å². The summed E-state index contributed by atoms with van der Waals surface area (Å²) in [5.74, 6) is 0. The van der Waals surface area contributed by atoms with Crippen LogP contribution in [-0.4, -0.2) is 14.7 Å². The first-order chi connectivity index (χ1) is 7.20. The van der Waals surface area contributed by atoms with Gasteiger partial charge in [-0.05, 0) is 11.6 Å². The molecule has 0 bridgehead atoms. The van der Waals surface area contributed by atoms with E-state index in [1.165, 1.54) is 18.2 Å². The van der Waals surface area contributed by atoms with Crippen molar-refractivity contribution in [3.05, 3.63) is 35.4 Å². The molecule has 0 aromatic heterocycles. The summed E-state index contributed by atoms with van der Waals surface area (Å²) in [6.07, 6.45) is -3.58. The van der Waals surface area contributed by atoms with Crippen LogP contribution in [0, 0.1) is 0 Å². The first-order valence-electron chi connectivity index (χ1n) is 4.30. The lowest BCUT2D eigenvalue weighted by molar-refractivity contribution is -0.138. The summed E-state index contributed by atoms with van der Waals surface area (Å²) >= 11 is 0. The minimum absolute atomic E-state index is 0.0968. The van der Waals surface area contributed by atoms with Crippen molar-refractivity contribution in [3.63, 3.8) is 0 Å². The zero-order valence-corrected chi connectivity index (χ0v) is 9.19. The van der Waals surface area contributed by atoms with Crippen LogP contribution < -0.4 is 4.72 Å². The molecule has 0 aliphatic rings. The zero-order chi connectivity index (χ0) is 12.4. The summed E-state index contributed by atoms with van der Waals surface area (Å²) in [6.45, 7) is -0.367. The Morgan fingerprint density at radius 2 is 1.81 bits per heavy atom. The largest absolute Gasteiger partial charge is 0.416 e. The van der Waals surface area contributed by atoms with Crippen molar-refractivity contribution < 1.29 is 21.6 Å². The maximum absolute atomic E-state index is 12.5. The predicted octanol–water partition coefficient (Wildman–Crippen LogP) is 1.75. The van der Waals surface area contributed by atoms with Gasteiger partial charge in [-0.15, -0.1) is 0 Å². The molecule has 16 heavy (non-hydrogen) atoms. The van der Waals surface area contributed by atoms with Gasteiger partial charge in [0.05, 0.1) is 11.8 Å². The van der Waals surface area contributed by atoms with E-state index in [0.29, 0.717) is 0 Å². The third kappa shape index (κ3) is 3.82. The van der Waals surface area contributed by atoms with Crippen LogP contribution in [0.1, 0.15) is 11.1 Å². The molecule has 1 N–H and O–H groups in total. The Hall–Kier alpha value is -1.08. The lowest BCUT2D eigenvalue weighted by Crippen LogP contribution is -2.23. The van der Waals surface area contributed by atoms with Crippen LogP contribution in [-0.2, 0) is 22.7 Å². The lowest BCUT2D eigenvalue weighted by atomic mass is 10.1. The Labute approximate surface area is 91.3 Å². The first kappa shape index (κ1) is 13.0. The van der Waals surface area contributed by atoms with Crippen LogP contribution in [0.2, 0.25) is 0 Å². The van der Waals surface area contributed by atoms with Gasteiger partial charge in [-0.2, -0.15) is 13.2 Å². The standard InChI is InChI=1S/C9H10F3NO2S/c1-16(14,15)13-6-7-4-2-3-5-8(7)9(10,11)12/h2-5,13H,6H2,1H3. The highest BCUT2D eigenvalue weighted by Gasteiger charge is 2.32. The lowest BCUT2D eigenvalue weighted by Gasteiger charge is -2.12. The second-order valence-corrected chi connectivity index (χ2v) is 5.08. The Bertz CT molecular complexity index is 468. The van der Waals surface area contributed by atoms with Crippen molar-refractivity contribution in [1.29, 1.82) is 0 Å². The van der Waals surface area contributed by atoms with Gasteiger partial charge in [0.25, 0.3) is 0 Å². The molecule has 0 unspecified atom stereocenters. The van der Waals surface area contributed by atoms with Crippen LogP contribution in [0.4, 0.5) is 13.2 Å². The molecule has 0 heterocycles. The molecular weight excluding hydrogens is 243 g/mol. The second kappa shape index (κ2) is 4.42. The van der Waals surface area contributed by atoms with E-state index in [4.69, 9.17) is 0 Å². The van der Waals surface area contributed by atoms with Gasteiger partial charge < -0.3 is 0 Å². The summed E-state index contributed by atoms with van der Waals surface area (Å²) in [5, 5.41) is 0. The van der Waals surface area contributed by atoms with Crippen molar-refractivity contribution in [2.24, 2.45) is 0 Å². The monoisotopic (exact) mass is 253 g/mol. The van der Waals surface area contributed by atoms with Crippen molar-refractivity contribution in [1.82, 2.24) is 4.72 Å². The van der Waals surface area contributed by atoms with Crippen molar-refractivity contribution >= 4 is 10.0 Å². The quantitative estimate of drug-likeness (QED) is 0.892. The van der Waals surface area contributed by atoms with Gasteiger partial charge in [0.15, 0.2) is 0 Å². The number of rotatable bonds is 3. The Morgan fingerprint density at radius 3 is 2.31 bits per heavy atom. The van der Waals surface area contributed by atoms with E-state index < -0.39 is 21.8 Å². The van der Waals surface area contributed by atoms with Gasteiger partial charge in [0.2, 0.25) is 10.0 Å². The fraction of sp³-hybridized carbons (Fsp3) is 0.333. The third-order valence-corrected chi connectivity index (χ3v) is 2.52. The predicted molar refractivity (Wildman–Crippen MR) is 53.1 cm³/mol. The van der Waals surface area contributed by atoms with Crippen LogP contribution in [0.15, 0.2) is 24.3 Å². The highest BCUT2D eigenvalue weighted by Crippen LogP contribution is 2.31. The van der Waals surface area contributed by atoms with Gasteiger partial charge in [-0.25, -0.2) is 13.1 Å². The molecular formula is C9H10F3NO2S. The van der Waals surface area contributed by atoms with E-state index in [1.807, 2.05) is 4.72 Å². The summed E-state index contributed by atoms with van der Waals surface area (Å²) in [4.78, 5) is 0. The maximum atomic E-state index is 12.5. The normalized spacial score (nSPS) is 12.8. The molecule has 0 aliphatic heterocycles. The molecule has 0 saturated carbocycles. The van der Waals surface area contributed by atoms with Gasteiger partial charge in [-0.3, -0.25) is 0 Å². The molecule has 0 saturated heterocycles. The van der Waals surface area contributed by atoms with Crippen LogP contribution in [0.5, 0.6) is 0 Å². The molecule has 1 aromatic carbocycles. The molecule has 0 amide bonds. The Kier molecular flexibility index (Phi) is 3.59. The Balaban J connectivity index is 2.97. The number of nitrogens with one attached hydrogen (secondary N) is 1. The average Bonchev–Trinajstić information content (AvgIpc) is 2.12. The minimum atomic E-state index is -4.48. The van der Waals surface area contributed by atoms with E-state index in [1.54, 1.807) is 0 Å². The van der Waals surface area contributed by atoms with Crippen molar-refractivity contribution in [2.75, 3.05) is 6.26 Å². The molecule has 3 nitrogen and oxygen atoms in total. The van der Waals surface area contributed by atoms with Crippen LogP contribution in [0.3, 0.4) is 0 Å². The molecule has 0 radical (unpaired) electrons. The molecule has 0 fully saturated rings. The average molecular weight is 253 g/mol. The number of halogens is 3. The zero-order valence-electron chi connectivity index (χ0n) is 8.38. The first-order valence-corrected chi connectivity index (χ1v) is 6.19. The van der Waals surface area contributed by atoms with Crippen LogP contribution in [0.25, 0.3) is 0 Å². The van der Waals surface area contributed by atoms with Crippen molar-refractivity contribution in [2.45, 2.75) is 12.7 Å². The van der Waals surface area contributed by atoms with Crippen LogP contribution >= 0.6 is 0 Å². The Morgan fingerprint density at radius 1 is 1.25 bits per heavy atom. The van der Waals surface area contributed by atoms with E-state index in [9.17, 15) is 21.6 Å².